The standard InChI is InChI=1S/C14H17N3O4/c1-4-16-11-10(12(18)17(5-2)14(16)20)7-9(8-15-11)13(19)21-6-3/h7-8H,4-6H2,1-3H3. The van der Waals surface area contributed by atoms with Crippen LogP contribution in [0.1, 0.15) is 31.1 Å². The quantitative estimate of drug-likeness (QED) is 0.777. The van der Waals surface area contributed by atoms with Crippen molar-refractivity contribution in [3.05, 3.63) is 38.7 Å². The molecule has 0 amide bonds. The second-order valence-electron chi connectivity index (χ2n) is 4.39. The van der Waals surface area contributed by atoms with Gasteiger partial charge in [0, 0.05) is 19.3 Å². The molecular formula is C14H17N3O4. The van der Waals surface area contributed by atoms with Gasteiger partial charge in [-0.1, -0.05) is 0 Å². The molecule has 0 fully saturated rings. The molecule has 0 aliphatic heterocycles. The van der Waals surface area contributed by atoms with Crippen molar-refractivity contribution in [1.82, 2.24) is 14.1 Å². The summed E-state index contributed by atoms with van der Waals surface area (Å²) in [5.41, 5.74) is -0.356. The van der Waals surface area contributed by atoms with Crippen LogP contribution in [0.4, 0.5) is 0 Å². The number of carbonyl (C=O) groups excluding carboxylic acids is 1. The summed E-state index contributed by atoms with van der Waals surface area (Å²) in [4.78, 5) is 40.4. The van der Waals surface area contributed by atoms with E-state index in [1.807, 2.05) is 0 Å². The summed E-state index contributed by atoms with van der Waals surface area (Å²) in [6.07, 6.45) is 1.32. The molecule has 0 bridgehead atoms. The van der Waals surface area contributed by atoms with Gasteiger partial charge in [0.1, 0.15) is 5.65 Å². The third-order valence-corrected chi connectivity index (χ3v) is 3.20. The maximum atomic E-state index is 12.3. The number of hydrogen-bond donors (Lipinski definition) is 0. The van der Waals surface area contributed by atoms with Crippen molar-refractivity contribution < 1.29 is 9.53 Å². The lowest BCUT2D eigenvalue weighted by Crippen LogP contribution is -2.39. The third-order valence-electron chi connectivity index (χ3n) is 3.20. The van der Waals surface area contributed by atoms with E-state index in [0.29, 0.717) is 6.54 Å². The number of pyridine rings is 1. The van der Waals surface area contributed by atoms with Gasteiger partial charge in [0.15, 0.2) is 0 Å². The first kappa shape index (κ1) is 15.0. The van der Waals surface area contributed by atoms with E-state index in [2.05, 4.69) is 4.98 Å². The average Bonchev–Trinajstić information content (AvgIpc) is 2.48. The van der Waals surface area contributed by atoms with Gasteiger partial charge in [0.2, 0.25) is 0 Å². The van der Waals surface area contributed by atoms with Gasteiger partial charge in [0.05, 0.1) is 17.6 Å². The van der Waals surface area contributed by atoms with Gasteiger partial charge in [-0.25, -0.2) is 14.6 Å². The smallest absolute Gasteiger partial charge is 0.339 e. The highest BCUT2D eigenvalue weighted by molar-refractivity contribution is 5.92. The molecule has 0 atom stereocenters. The van der Waals surface area contributed by atoms with E-state index in [9.17, 15) is 14.4 Å². The Balaban J connectivity index is 2.81. The van der Waals surface area contributed by atoms with Crippen molar-refractivity contribution in [2.24, 2.45) is 0 Å². The van der Waals surface area contributed by atoms with Crippen LogP contribution in [0.3, 0.4) is 0 Å². The Hall–Kier alpha value is -2.44. The minimum Gasteiger partial charge on any atom is -0.462 e. The van der Waals surface area contributed by atoms with E-state index in [1.165, 1.54) is 16.8 Å². The second-order valence-corrected chi connectivity index (χ2v) is 4.39. The van der Waals surface area contributed by atoms with E-state index in [4.69, 9.17) is 4.74 Å². The molecule has 0 aliphatic carbocycles. The lowest BCUT2D eigenvalue weighted by atomic mass is 10.2. The lowest BCUT2D eigenvalue weighted by molar-refractivity contribution is 0.0526. The van der Waals surface area contributed by atoms with Crippen molar-refractivity contribution in [3.63, 3.8) is 0 Å². The van der Waals surface area contributed by atoms with Gasteiger partial charge in [-0.2, -0.15) is 0 Å². The van der Waals surface area contributed by atoms with Crippen LogP contribution in [0.25, 0.3) is 11.0 Å². The van der Waals surface area contributed by atoms with Crippen LogP contribution < -0.4 is 11.2 Å². The van der Waals surface area contributed by atoms with Crippen molar-refractivity contribution in [2.45, 2.75) is 33.9 Å². The van der Waals surface area contributed by atoms with Crippen LogP contribution >= 0.6 is 0 Å². The van der Waals surface area contributed by atoms with Gasteiger partial charge in [-0.15, -0.1) is 0 Å². The van der Waals surface area contributed by atoms with Crippen LogP contribution in [0.2, 0.25) is 0 Å². The monoisotopic (exact) mass is 291 g/mol. The molecule has 21 heavy (non-hydrogen) atoms. The number of carbonyl (C=O) groups is 1. The Bertz CT molecular complexity index is 804. The molecular weight excluding hydrogens is 274 g/mol. The zero-order chi connectivity index (χ0) is 15.6. The SMILES string of the molecule is CCOC(=O)c1cnc2c(c1)c(=O)n(CC)c(=O)n2CC. The van der Waals surface area contributed by atoms with Gasteiger partial charge in [-0.3, -0.25) is 13.9 Å². The summed E-state index contributed by atoms with van der Waals surface area (Å²) in [7, 11) is 0. The van der Waals surface area contributed by atoms with Crippen molar-refractivity contribution in [1.29, 1.82) is 0 Å². The third kappa shape index (κ3) is 2.46. The highest BCUT2D eigenvalue weighted by atomic mass is 16.5. The Morgan fingerprint density at radius 2 is 1.86 bits per heavy atom. The molecule has 7 heteroatoms. The summed E-state index contributed by atoms with van der Waals surface area (Å²) >= 11 is 0. The summed E-state index contributed by atoms with van der Waals surface area (Å²) in [6, 6.07) is 1.43. The van der Waals surface area contributed by atoms with Crippen LogP contribution in [-0.4, -0.2) is 26.7 Å². The van der Waals surface area contributed by atoms with E-state index >= 15 is 0 Å². The van der Waals surface area contributed by atoms with Gasteiger partial charge < -0.3 is 4.74 Å². The molecule has 2 rings (SSSR count). The average molecular weight is 291 g/mol. The molecule has 2 aromatic rings. The molecule has 0 saturated carbocycles. The number of aryl methyl sites for hydroxylation is 1. The van der Waals surface area contributed by atoms with Gasteiger partial charge in [0.25, 0.3) is 5.56 Å². The zero-order valence-electron chi connectivity index (χ0n) is 12.3. The summed E-state index contributed by atoms with van der Waals surface area (Å²) in [5, 5.41) is 0.240. The van der Waals surface area contributed by atoms with E-state index in [0.717, 1.165) is 4.57 Å². The number of rotatable bonds is 4. The molecule has 0 radical (unpaired) electrons. The second kappa shape index (κ2) is 5.90. The van der Waals surface area contributed by atoms with E-state index in [1.54, 1.807) is 20.8 Å². The zero-order valence-corrected chi connectivity index (χ0v) is 12.3. The first-order valence-corrected chi connectivity index (χ1v) is 6.85. The molecule has 2 aromatic heterocycles. The highest BCUT2D eigenvalue weighted by Crippen LogP contribution is 2.09. The fourth-order valence-electron chi connectivity index (χ4n) is 2.19. The predicted octanol–water partition coefficient (Wildman–Crippen LogP) is 0.775. The normalized spacial score (nSPS) is 10.8. The van der Waals surface area contributed by atoms with E-state index < -0.39 is 17.2 Å². The van der Waals surface area contributed by atoms with Crippen molar-refractivity contribution in [2.75, 3.05) is 6.61 Å². The van der Waals surface area contributed by atoms with Crippen LogP contribution in [-0.2, 0) is 17.8 Å². The predicted molar refractivity (Wildman–Crippen MR) is 77.6 cm³/mol. The Labute approximate surface area is 120 Å². The molecule has 0 aliphatic rings. The number of hydrogen-bond acceptors (Lipinski definition) is 5. The molecule has 2 heterocycles. The molecule has 7 nitrogen and oxygen atoms in total. The minimum absolute atomic E-state index is 0.199. The minimum atomic E-state index is -0.538. The first-order chi connectivity index (χ1) is 10.0. The van der Waals surface area contributed by atoms with Gasteiger partial charge in [-0.05, 0) is 26.8 Å². The maximum absolute atomic E-state index is 12.3. The lowest BCUT2D eigenvalue weighted by Gasteiger charge is -2.11. The van der Waals surface area contributed by atoms with Crippen LogP contribution in [0.5, 0.6) is 0 Å². The van der Waals surface area contributed by atoms with Gasteiger partial charge >= 0.3 is 11.7 Å². The Kier molecular flexibility index (Phi) is 4.21. The maximum Gasteiger partial charge on any atom is 0.339 e. The number of nitrogens with zero attached hydrogens (tertiary/aromatic N) is 3. The number of fused-ring (bicyclic) bond motifs is 1. The van der Waals surface area contributed by atoms with E-state index in [-0.39, 0.29) is 29.7 Å². The topological polar surface area (TPSA) is 83.2 Å². The Morgan fingerprint density at radius 3 is 2.43 bits per heavy atom. The molecule has 112 valence electrons. The highest BCUT2D eigenvalue weighted by Gasteiger charge is 2.15. The van der Waals surface area contributed by atoms with Crippen LogP contribution in [0.15, 0.2) is 21.9 Å². The number of ether oxygens (including phenoxy) is 1. The number of aromatic nitrogens is 3. The Morgan fingerprint density at radius 1 is 1.19 bits per heavy atom. The fraction of sp³-hybridized carbons (Fsp3) is 0.429. The largest absolute Gasteiger partial charge is 0.462 e. The molecule has 0 spiro atoms. The summed E-state index contributed by atoms with van der Waals surface area (Å²) in [6.45, 7) is 6.11. The molecule has 0 unspecified atom stereocenters. The van der Waals surface area contributed by atoms with Crippen molar-refractivity contribution >= 4 is 17.0 Å². The van der Waals surface area contributed by atoms with Crippen LogP contribution in [0, 0.1) is 0 Å². The molecule has 0 saturated heterocycles. The summed E-state index contributed by atoms with van der Waals surface area (Å²) < 4.78 is 7.44. The summed E-state index contributed by atoms with van der Waals surface area (Å²) in [5.74, 6) is -0.538. The first-order valence-electron chi connectivity index (χ1n) is 6.85. The number of esters is 1. The van der Waals surface area contributed by atoms with Crippen molar-refractivity contribution in [3.8, 4) is 0 Å². The fourth-order valence-corrected chi connectivity index (χ4v) is 2.19. The molecule has 0 N–H and O–H groups in total. The molecule has 0 aromatic carbocycles.